The van der Waals surface area contributed by atoms with Gasteiger partial charge >= 0.3 is 6.03 Å². The van der Waals surface area contributed by atoms with Crippen molar-refractivity contribution >= 4 is 33.6 Å². The number of carbonyl (C=O) groups is 3. The number of likely N-dealkylation sites (tertiary alicyclic amines) is 1. The number of anilines is 1. The van der Waals surface area contributed by atoms with E-state index in [2.05, 4.69) is 15.4 Å². The largest absolute Gasteiger partial charge is 0.338 e. The van der Waals surface area contributed by atoms with Crippen LogP contribution in [-0.2, 0) is 14.8 Å². The van der Waals surface area contributed by atoms with Gasteiger partial charge in [0.15, 0.2) is 0 Å². The Kier molecular flexibility index (Phi) is 5.13. The molecule has 31 heavy (non-hydrogen) atoms. The van der Waals surface area contributed by atoms with Gasteiger partial charge in [0.2, 0.25) is 0 Å². The maximum atomic E-state index is 13.1. The number of hydrogen-bond acceptors (Lipinski definition) is 5. The number of imide groups is 1. The average molecular weight is 446 g/mol. The van der Waals surface area contributed by atoms with Gasteiger partial charge in [-0.2, -0.15) is 0 Å². The highest BCUT2D eigenvalue weighted by Gasteiger charge is 2.48. The third kappa shape index (κ3) is 3.96. The van der Waals surface area contributed by atoms with Crippen molar-refractivity contribution in [3.05, 3.63) is 59.9 Å². The minimum Gasteiger partial charge on any atom is -0.338 e. The highest BCUT2D eigenvalue weighted by molar-refractivity contribution is 7.92. The molecular weight excluding hydrogens is 427 g/mol. The number of halogens is 1. The molecule has 2 aliphatic rings. The molecule has 2 aliphatic heterocycles. The first-order valence-electron chi connectivity index (χ1n) is 9.50. The molecule has 0 aromatic heterocycles. The summed E-state index contributed by atoms with van der Waals surface area (Å²) in [6.07, 6.45) is 0.500. The van der Waals surface area contributed by atoms with E-state index in [1.807, 2.05) is 0 Å². The van der Waals surface area contributed by atoms with E-state index in [4.69, 9.17) is 0 Å². The van der Waals surface area contributed by atoms with Crippen molar-refractivity contribution in [2.45, 2.75) is 23.3 Å². The number of piperidine rings is 1. The Balaban J connectivity index is 1.52. The van der Waals surface area contributed by atoms with Crippen molar-refractivity contribution in [3.63, 3.8) is 0 Å². The first-order valence-corrected chi connectivity index (χ1v) is 11.0. The molecule has 4 rings (SSSR count). The molecule has 0 radical (unpaired) electrons. The van der Waals surface area contributed by atoms with Crippen LogP contribution in [0, 0.1) is 5.82 Å². The quantitative estimate of drug-likeness (QED) is 0.613. The van der Waals surface area contributed by atoms with Gasteiger partial charge in [0.25, 0.3) is 21.8 Å². The highest BCUT2D eigenvalue weighted by atomic mass is 32.2. The summed E-state index contributed by atoms with van der Waals surface area (Å²) >= 11 is 0. The van der Waals surface area contributed by atoms with Gasteiger partial charge in [0, 0.05) is 13.1 Å². The fraction of sp³-hybridized carbons (Fsp3) is 0.250. The Morgan fingerprint density at radius 3 is 2.29 bits per heavy atom. The molecule has 4 amide bonds. The molecule has 0 saturated carbocycles. The van der Waals surface area contributed by atoms with Crippen LogP contribution in [0.15, 0.2) is 53.4 Å². The van der Waals surface area contributed by atoms with E-state index >= 15 is 0 Å². The number of hydrogen-bond donors (Lipinski definition) is 3. The van der Waals surface area contributed by atoms with Crippen LogP contribution in [0.2, 0.25) is 0 Å². The molecule has 9 nitrogen and oxygen atoms in total. The van der Waals surface area contributed by atoms with E-state index in [9.17, 15) is 27.2 Å². The monoisotopic (exact) mass is 446 g/mol. The summed E-state index contributed by atoms with van der Waals surface area (Å²) in [6, 6.07) is 9.94. The summed E-state index contributed by atoms with van der Waals surface area (Å²) in [4.78, 5) is 38.0. The van der Waals surface area contributed by atoms with Crippen molar-refractivity contribution in [3.8, 4) is 0 Å². The van der Waals surface area contributed by atoms with Gasteiger partial charge in [0.05, 0.1) is 16.1 Å². The second-order valence-corrected chi connectivity index (χ2v) is 9.07. The topological polar surface area (TPSA) is 125 Å². The number of rotatable bonds is 4. The molecule has 162 valence electrons. The van der Waals surface area contributed by atoms with E-state index in [0.717, 1.165) is 24.3 Å². The van der Waals surface area contributed by atoms with Gasteiger partial charge in [-0.25, -0.2) is 17.6 Å². The summed E-state index contributed by atoms with van der Waals surface area (Å²) in [6.45, 7) is 0.428. The number of amides is 4. The first-order chi connectivity index (χ1) is 14.7. The smallest absolute Gasteiger partial charge is 0.322 e. The molecule has 2 aromatic rings. The summed E-state index contributed by atoms with van der Waals surface area (Å²) in [5.41, 5.74) is -0.787. The fourth-order valence-corrected chi connectivity index (χ4v) is 4.80. The summed E-state index contributed by atoms with van der Waals surface area (Å²) in [5, 5.41) is 4.84. The maximum Gasteiger partial charge on any atom is 0.322 e. The molecule has 2 saturated heterocycles. The van der Waals surface area contributed by atoms with Crippen LogP contribution >= 0.6 is 0 Å². The highest BCUT2D eigenvalue weighted by Crippen LogP contribution is 2.28. The zero-order valence-corrected chi connectivity index (χ0v) is 17.0. The summed E-state index contributed by atoms with van der Waals surface area (Å²) in [5.74, 6) is -1.38. The molecule has 11 heteroatoms. The van der Waals surface area contributed by atoms with E-state index in [-0.39, 0.29) is 42.1 Å². The van der Waals surface area contributed by atoms with Crippen LogP contribution in [0.4, 0.5) is 14.9 Å². The Hall–Kier alpha value is -3.47. The van der Waals surface area contributed by atoms with Crippen LogP contribution < -0.4 is 15.4 Å². The van der Waals surface area contributed by atoms with E-state index < -0.39 is 39.2 Å². The van der Waals surface area contributed by atoms with Crippen LogP contribution in [0.5, 0.6) is 0 Å². The summed E-state index contributed by atoms with van der Waals surface area (Å²) in [7, 11) is -4.04. The first kappa shape index (κ1) is 20.8. The van der Waals surface area contributed by atoms with Crippen molar-refractivity contribution in [2.24, 2.45) is 0 Å². The number of nitrogens with zero attached hydrogens (tertiary/aromatic N) is 1. The lowest BCUT2D eigenvalue weighted by Crippen LogP contribution is -2.55. The van der Waals surface area contributed by atoms with Gasteiger partial charge in [-0.15, -0.1) is 0 Å². The van der Waals surface area contributed by atoms with E-state index in [1.165, 1.54) is 17.0 Å². The lowest BCUT2D eigenvalue weighted by atomic mass is 9.87. The Labute approximate surface area is 177 Å². The molecular formula is C20H19FN4O5S. The second-order valence-electron chi connectivity index (χ2n) is 7.39. The predicted molar refractivity (Wildman–Crippen MR) is 108 cm³/mol. The van der Waals surface area contributed by atoms with Gasteiger partial charge in [0.1, 0.15) is 11.4 Å². The van der Waals surface area contributed by atoms with Crippen molar-refractivity contribution in [2.75, 3.05) is 17.8 Å². The van der Waals surface area contributed by atoms with E-state index in [1.54, 1.807) is 12.1 Å². The molecule has 0 atom stereocenters. The molecule has 2 fully saturated rings. The van der Waals surface area contributed by atoms with Gasteiger partial charge < -0.3 is 10.2 Å². The van der Waals surface area contributed by atoms with Crippen molar-refractivity contribution in [1.82, 2.24) is 15.5 Å². The Morgan fingerprint density at radius 1 is 1.03 bits per heavy atom. The third-order valence-electron chi connectivity index (χ3n) is 5.44. The molecule has 3 N–H and O–H groups in total. The lowest BCUT2D eigenvalue weighted by molar-refractivity contribution is -0.125. The number of nitrogens with one attached hydrogen (secondary N) is 3. The molecule has 2 heterocycles. The molecule has 2 aromatic carbocycles. The average Bonchev–Trinajstić information content (AvgIpc) is 3.01. The second kappa shape index (κ2) is 7.65. The van der Waals surface area contributed by atoms with Crippen molar-refractivity contribution in [1.29, 1.82) is 0 Å². The normalized spacial score (nSPS) is 17.9. The molecule has 0 bridgehead atoms. The SMILES string of the molecule is O=C1NC(=O)C2(CCN(C(=O)c3ccccc3NS(=O)(=O)c3ccc(F)cc3)CC2)N1. The van der Waals surface area contributed by atoms with Crippen LogP contribution in [-0.4, -0.2) is 49.8 Å². The van der Waals surface area contributed by atoms with Crippen LogP contribution in [0.3, 0.4) is 0 Å². The molecule has 0 aliphatic carbocycles. The van der Waals surface area contributed by atoms with Gasteiger partial charge in [-0.1, -0.05) is 12.1 Å². The Bertz CT molecular complexity index is 1160. The minimum atomic E-state index is -4.04. The number of urea groups is 1. The van der Waals surface area contributed by atoms with Crippen LogP contribution in [0.1, 0.15) is 23.2 Å². The lowest BCUT2D eigenvalue weighted by Gasteiger charge is -2.37. The molecule has 0 unspecified atom stereocenters. The fourth-order valence-electron chi connectivity index (χ4n) is 3.72. The van der Waals surface area contributed by atoms with Crippen LogP contribution in [0.25, 0.3) is 0 Å². The van der Waals surface area contributed by atoms with Gasteiger partial charge in [-0.05, 0) is 49.2 Å². The third-order valence-corrected chi connectivity index (χ3v) is 6.83. The minimum absolute atomic E-state index is 0.0871. The number of sulfonamides is 1. The van der Waals surface area contributed by atoms with Gasteiger partial charge in [-0.3, -0.25) is 19.6 Å². The predicted octanol–water partition coefficient (Wildman–Crippen LogP) is 1.44. The number of benzene rings is 2. The number of para-hydroxylation sites is 1. The number of carbonyl (C=O) groups excluding carboxylic acids is 3. The summed E-state index contributed by atoms with van der Waals surface area (Å²) < 4.78 is 40.8. The Morgan fingerprint density at radius 2 is 1.68 bits per heavy atom. The molecule has 1 spiro atoms. The zero-order valence-electron chi connectivity index (χ0n) is 16.2. The van der Waals surface area contributed by atoms with Crippen molar-refractivity contribution < 1.29 is 27.2 Å². The van der Waals surface area contributed by atoms with E-state index in [0.29, 0.717) is 0 Å². The standard InChI is InChI=1S/C20H19FN4O5S/c21-13-5-7-14(8-6-13)31(29,30)24-16-4-2-1-3-15(16)17(26)25-11-9-20(10-12-25)18(27)22-19(28)23-20/h1-8,24H,9-12H2,(H2,22,23,27,28). The maximum absolute atomic E-state index is 13.1. The zero-order chi connectivity index (χ0) is 22.2.